The van der Waals surface area contributed by atoms with Gasteiger partial charge in [0.2, 0.25) is 5.91 Å². The summed E-state index contributed by atoms with van der Waals surface area (Å²) in [5.41, 5.74) is 0.954. The molecular weight excluding hydrogens is 314 g/mol. The molecule has 6 heteroatoms. The Morgan fingerprint density at radius 2 is 2.13 bits per heavy atom. The minimum Gasteiger partial charge on any atom is -0.468 e. The Hall–Kier alpha value is -1.30. The number of methoxy groups -OCH3 is 1. The number of nitrogens with zero attached hydrogens (tertiary/aromatic N) is 1. The number of hydrogen-bond donors (Lipinski definition) is 0. The van der Waals surface area contributed by atoms with E-state index in [1.165, 1.54) is 18.9 Å². The molecule has 5 nitrogen and oxygen atoms in total. The summed E-state index contributed by atoms with van der Waals surface area (Å²) in [6, 6.07) is 0. The molecule has 2 aliphatic carbocycles. The van der Waals surface area contributed by atoms with Crippen molar-refractivity contribution >= 4 is 29.4 Å². The van der Waals surface area contributed by atoms with Gasteiger partial charge in [-0.3, -0.25) is 14.4 Å². The molecule has 2 aliphatic heterocycles. The van der Waals surface area contributed by atoms with E-state index >= 15 is 0 Å². The van der Waals surface area contributed by atoms with Crippen molar-refractivity contribution in [1.82, 2.24) is 4.90 Å². The third-order valence-electron chi connectivity index (χ3n) is 6.19. The fourth-order valence-electron chi connectivity index (χ4n) is 5.43. The first kappa shape index (κ1) is 15.2. The summed E-state index contributed by atoms with van der Waals surface area (Å²) in [7, 11) is 1.39. The molecule has 4 aliphatic rings. The van der Waals surface area contributed by atoms with Crippen LogP contribution >= 0.6 is 11.8 Å². The molecule has 1 amide bonds. The third kappa shape index (κ3) is 1.68. The number of esters is 1. The van der Waals surface area contributed by atoms with Gasteiger partial charge in [0, 0.05) is 24.6 Å². The van der Waals surface area contributed by atoms with E-state index in [1.54, 1.807) is 4.90 Å². The molecule has 0 spiro atoms. The molecule has 124 valence electrons. The Morgan fingerprint density at radius 1 is 1.35 bits per heavy atom. The van der Waals surface area contributed by atoms with E-state index in [0.717, 1.165) is 30.5 Å². The van der Waals surface area contributed by atoms with Crippen LogP contribution in [0.1, 0.15) is 32.1 Å². The quantitative estimate of drug-likeness (QED) is 0.720. The first-order chi connectivity index (χ1) is 11.1. The highest BCUT2D eigenvalue weighted by atomic mass is 32.2. The number of carbonyl (C=O) groups excluding carboxylic acids is 3. The number of carbonyl (C=O) groups is 3. The topological polar surface area (TPSA) is 63.7 Å². The summed E-state index contributed by atoms with van der Waals surface area (Å²) in [5, 5.41) is -0.208. The number of amides is 1. The Morgan fingerprint density at radius 3 is 2.83 bits per heavy atom. The summed E-state index contributed by atoms with van der Waals surface area (Å²) in [5.74, 6) is -0.454. The number of ketones is 1. The minimum absolute atomic E-state index is 0.0847. The smallest absolute Gasteiger partial charge is 0.318 e. The molecule has 0 aromatic rings. The summed E-state index contributed by atoms with van der Waals surface area (Å²) in [4.78, 5) is 40.4. The Kier molecular flexibility index (Phi) is 3.38. The van der Waals surface area contributed by atoms with Crippen molar-refractivity contribution in [3.63, 3.8) is 0 Å². The van der Waals surface area contributed by atoms with Crippen molar-refractivity contribution in [2.75, 3.05) is 19.9 Å². The zero-order chi connectivity index (χ0) is 16.4. The van der Waals surface area contributed by atoms with Gasteiger partial charge in [0.25, 0.3) is 0 Å². The predicted molar refractivity (Wildman–Crippen MR) is 85.6 cm³/mol. The van der Waals surface area contributed by atoms with Gasteiger partial charge >= 0.3 is 5.97 Å². The Labute approximate surface area is 139 Å². The predicted octanol–water partition coefficient (Wildman–Crippen LogP) is 1.77. The second-order valence-electron chi connectivity index (χ2n) is 6.93. The average molecular weight is 335 g/mol. The minimum atomic E-state index is -0.901. The van der Waals surface area contributed by atoms with Crippen LogP contribution in [-0.2, 0) is 19.1 Å². The molecule has 1 saturated carbocycles. The molecule has 0 radical (unpaired) electrons. The van der Waals surface area contributed by atoms with Gasteiger partial charge in [-0.1, -0.05) is 0 Å². The number of ether oxygens (including phenoxy) is 1. The molecule has 2 fully saturated rings. The fraction of sp³-hybridized carbons (Fsp3) is 0.706. The van der Waals surface area contributed by atoms with E-state index in [1.807, 2.05) is 6.26 Å². The summed E-state index contributed by atoms with van der Waals surface area (Å²) in [6.07, 6.45) is 5.41. The van der Waals surface area contributed by atoms with Crippen LogP contribution in [0.15, 0.2) is 11.3 Å². The van der Waals surface area contributed by atoms with Gasteiger partial charge in [0.05, 0.1) is 12.4 Å². The van der Waals surface area contributed by atoms with Gasteiger partial charge in [-0.2, -0.15) is 0 Å². The average Bonchev–Trinajstić information content (AvgIpc) is 2.95. The molecular formula is C17H21NO4S. The number of Topliss-reactive ketones (excluding diaryl/α,β-unsaturated/α-hetero) is 1. The normalized spacial score (nSPS) is 38.7. The summed E-state index contributed by atoms with van der Waals surface area (Å²) < 4.78 is 5.18. The van der Waals surface area contributed by atoms with E-state index in [-0.39, 0.29) is 34.7 Å². The number of hydrogen-bond acceptors (Lipinski definition) is 5. The fourth-order valence-corrected chi connectivity index (χ4v) is 6.34. The van der Waals surface area contributed by atoms with Crippen molar-refractivity contribution < 1.29 is 19.1 Å². The maximum absolute atomic E-state index is 13.1. The van der Waals surface area contributed by atoms with Crippen LogP contribution in [0.4, 0.5) is 0 Å². The molecule has 4 atom stereocenters. The lowest BCUT2D eigenvalue weighted by atomic mass is 9.59. The lowest BCUT2D eigenvalue weighted by molar-refractivity contribution is -0.165. The summed E-state index contributed by atoms with van der Waals surface area (Å²) in [6.45, 7) is 0.658. The van der Waals surface area contributed by atoms with Gasteiger partial charge in [-0.05, 0) is 43.4 Å². The zero-order valence-corrected chi connectivity index (χ0v) is 14.3. The monoisotopic (exact) mass is 335 g/mol. The van der Waals surface area contributed by atoms with Crippen LogP contribution in [0.5, 0.6) is 0 Å². The lowest BCUT2D eigenvalue weighted by Crippen LogP contribution is -2.61. The second kappa shape index (κ2) is 5.10. The van der Waals surface area contributed by atoms with Crippen molar-refractivity contribution in [1.29, 1.82) is 0 Å². The highest BCUT2D eigenvalue weighted by Crippen LogP contribution is 2.63. The van der Waals surface area contributed by atoms with E-state index < -0.39 is 5.41 Å². The van der Waals surface area contributed by atoms with Gasteiger partial charge in [-0.15, -0.1) is 11.8 Å². The molecule has 0 aromatic carbocycles. The van der Waals surface area contributed by atoms with Gasteiger partial charge in [0.1, 0.15) is 5.41 Å². The number of rotatable bonds is 2. The molecule has 0 N–H and O–H groups in total. The number of piperidine rings is 1. The van der Waals surface area contributed by atoms with Crippen molar-refractivity contribution in [2.45, 2.75) is 37.4 Å². The van der Waals surface area contributed by atoms with Crippen molar-refractivity contribution in [3.05, 3.63) is 11.3 Å². The van der Waals surface area contributed by atoms with E-state index in [2.05, 4.69) is 0 Å². The molecule has 1 saturated heterocycles. The van der Waals surface area contributed by atoms with Crippen LogP contribution in [0, 0.1) is 17.3 Å². The first-order valence-electron chi connectivity index (χ1n) is 8.26. The zero-order valence-electron chi connectivity index (χ0n) is 13.5. The van der Waals surface area contributed by atoms with Gasteiger partial charge in [0.15, 0.2) is 5.78 Å². The highest BCUT2D eigenvalue weighted by molar-refractivity contribution is 8.00. The van der Waals surface area contributed by atoms with Crippen LogP contribution in [0.3, 0.4) is 0 Å². The molecule has 0 bridgehead atoms. The molecule has 2 heterocycles. The standard InChI is InChI=1S/C17H21NO4S/c1-22-16(21)17-9-5-6-11(17)13(20)14(23-2)10-4-3-7-18(15(10)17)12(19)8-9/h9,11,14H,3-8H2,1-2H3/t9-,11+,14-,17-/m0/s1. The van der Waals surface area contributed by atoms with Gasteiger partial charge in [-0.25, -0.2) is 0 Å². The molecule has 4 rings (SSSR count). The van der Waals surface area contributed by atoms with Crippen LogP contribution in [0.25, 0.3) is 0 Å². The SMILES string of the molecule is COC(=O)[C@@]12C3=C4CCCN3C(=O)C[C@@H]1CC[C@@H]2C(=O)[C@H]4SC. The Balaban J connectivity index is 2.02. The lowest BCUT2D eigenvalue weighted by Gasteiger charge is -2.53. The van der Waals surface area contributed by atoms with Crippen LogP contribution in [-0.4, -0.2) is 47.7 Å². The largest absolute Gasteiger partial charge is 0.468 e. The van der Waals surface area contributed by atoms with Crippen LogP contribution < -0.4 is 0 Å². The second-order valence-corrected chi connectivity index (χ2v) is 7.88. The first-order valence-corrected chi connectivity index (χ1v) is 9.55. The van der Waals surface area contributed by atoms with Crippen LogP contribution in [0.2, 0.25) is 0 Å². The molecule has 0 unspecified atom stereocenters. The van der Waals surface area contributed by atoms with E-state index in [4.69, 9.17) is 4.74 Å². The number of thioether (sulfide) groups is 1. The molecule has 23 heavy (non-hydrogen) atoms. The highest BCUT2D eigenvalue weighted by Gasteiger charge is 2.69. The van der Waals surface area contributed by atoms with Crippen molar-refractivity contribution in [2.24, 2.45) is 17.3 Å². The van der Waals surface area contributed by atoms with Gasteiger partial charge < -0.3 is 9.64 Å². The maximum atomic E-state index is 13.1. The summed E-state index contributed by atoms with van der Waals surface area (Å²) >= 11 is 1.54. The molecule has 0 aromatic heterocycles. The Bertz CT molecular complexity index is 643. The van der Waals surface area contributed by atoms with E-state index in [9.17, 15) is 14.4 Å². The maximum Gasteiger partial charge on any atom is 0.318 e. The third-order valence-corrected chi connectivity index (χ3v) is 7.18. The van der Waals surface area contributed by atoms with E-state index in [0.29, 0.717) is 19.4 Å². The van der Waals surface area contributed by atoms with Crippen molar-refractivity contribution in [3.8, 4) is 0 Å².